The van der Waals surface area contributed by atoms with Crippen LogP contribution in [0.2, 0.25) is 0 Å². The van der Waals surface area contributed by atoms with Crippen molar-refractivity contribution in [3.8, 4) is 0 Å². The van der Waals surface area contributed by atoms with E-state index >= 15 is 0 Å². The second-order valence-corrected chi connectivity index (χ2v) is 6.61. The molecular formula is C12H11F6OS+. The third-order valence-corrected chi connectivity index (χ3v) is 3.17. The molecule has 0 aliphatic heterocycles. The van der Waals surface area contributed by atoms with Crippen LogP contribution in [0.4, 0.5) is 26.3 Å². The van der Waals surface area contributed by atoms with Crippen molar-refractivity contribution in [2.45, 2.75) is 12.4 Å². The van der Waals surface area contributed by atoms with Gasteiger partial charge in [-0.05, 0) is 29.1 Å². The van der Waals surface area contributed by atoms with Crippen molar-refractivity contribution in [3.63, 3.8) is 0 Å². The Bertz CT molecular complexity index is 471. The maximum absolute atomic E-state index is 12.6. The van der Waals surface area contributed by atoms with Crippen molar-refractivity contribution in [1.82, 2.24) is 0 Å². The zero-order valence-electron chi connectivity index (χ0n) is 10.5. The molecule has 1 rings (SSSR count). The van der Waals surface area contributed by atoms with Gasteiger partial charge in [-0.3, -0.25) is 4.79 Å². The maximum atomic E-state index is 12.6. The smallest absolute Gasteiger partial charge is 0.289 e. The van der Waals surface area contributed by atoms with E-state index in [2.05, 4.69) is 0 Å². The summed E-state index contributed by atoms with van der Waals surface area (Å²) >= 11 is 0. The molecule has 1 nitrogen and oxygen atoms in total. The average Bonchev–Trinajstić information content (AvgIpc) is 2.25. The molecule has 112 valence electrons. The van der Waals surface area contributed by atoms with E-state index in [1.165, 1.54) is 0 Å². The average molecular weight is 317 g/mol. The minimum absolute atomic E-state index is 0.00837. The van der Waals surface area contributed by atoms with Crippen molar-refractivity contribution in [2.24, 2.45) is 0 Å². The van der Waals surface area contributed by atoms with E-state index in [-0.39, 0.29) is 11.8 Å². The summed E-state index contributed by atoms with van der Waals surface area (Å²) in [6.07, 6.45) is -6.51. The van der Waals surface area contributed by atoms with Gasteiger partial charge in [0.2, 0.25) is 5.78 Å². The fourth-order valence-electron chi connectivity index (χ4n) is 1.46. The molecule has 0 heterocycles. The van der Waals surface area contributed by atoms with Crippen LogP contribution in [0, 0.1) is 0 Å². The summed E-state index contributed by atoms with van der Waals surface area (Å²) in [6, 6.07) is 0.934. The zero-order valence-corrected chi connectivity index (χ0v) is 11.3. The zero-order chi connectivity index (χ0) is 15.7. The van der Waals surface area contributed by atoms with Crippen LogP contribution in [0.1, 0.15) is 21.5 Å². The molecule has 0 bridgehead atoms. The summed E-state index contributed by atoms with van der Waals surface area (Å²) in [5.74, 6) is -0.812. The number of carbonyl (C=O) groups is 1. The van der Waals surface area contributed by atoms with Gasteiger partial charge in [0.15, 0.2) is 5.75 Å². The van der Waals surface area contributed by atoms with Crippen LogP contribution in [-0.4, -0.2) is 24.0 Å². The lowest BCUT2D eigenvalue weighted by Gasteiger charge is -2.13. The van der Waals surface area contributed by atoms with Crippen LogP contribution < -0.4 is 0 Å². The molecule has 1 aromatic carbocycles. The highest BCUT2D eigenvalue weighted by Gasteiger charge is 2.37. The van der Waals surface area contributed by atoms with Crippen molar-refractivity contribution >= 4 is 16.7 Å². The Labute approximate surface area is 114 Å². The predicted molar refractivity (Wildman–Crippen MR) is 64.9 cm³/mol. The van der Waals surface area contributed by atoms with Crippen LogP contribution in [-0.2, 0) is 23.2 Å². The molecule has 0 aliphatic carbocycles. The molecular weight excluding hydrogens is 306 g/mol. The second-order valence-electron chi connectivity index (χ2n) is 4.35. The second kappa shape index (κ2) is 5.67. The molecule has 0 spiro atoms. The van der Waals surface area contributed by atoms with E-state index in [0.29, 0.717) is 12.1 Å². The molecule has 0 N–H and O–H groups in total. The third-order valence-electron chi connectivity index (χ3n) is 2.33. The molecule has 0 unspecified atom stereocenters. The van der Waals surface area contributed by atoms with Gasteiger partial charge in [0, 0.05) is 5.56 Å². The molecule has 0 atom stereocenters. The number of alkyl halides is 6. The maximum Gasteiger partial charge on any atom is 0.416 e. The third kappa shape index (κ3) is 4.43. The monoisotopic (exact) mass is 317 g/mol. The van der Waals surface area contributed by atoms with Crippen LogP contribution in [0.15, 0.2) is 18.2 Å². The van der Waals surface area contributed by atoms with Gasteiger partial charge in [0.1, 0.15) is 0 Å². The van der Waals surface area contributed by atoms with Gasteiger partial charge in [-0.1, -0.05) is 0 Å². The molecule has 0 aromatic heterocycles. The van der Waals surface area contributed by atoms with Crippen LogP contribution in [0.3, 0.4) is 0 Å². The van der Waals surface area contributed by atoms with Crippen LogP contribution in [0.5, 0.6) is 0 Å². The Kier molecular flexibility index (Phi) is 4.78. The highest BCUT2D eigenvalue weighted by atomic mass is 32.2. The van der Waals surface area contributed by atoms with Gasteiger partial charge < -0.3 is 0 Å². The van der Waals surface area contributed by atoms with Gasteiger partial charge in [-0.25, -0.2) is 0 Å². The number of Topliss-reactive ketones (excluding diaryl/α,β-unsaturated/α-hetero) is 1. The highest BCUT2D eigenvalue weighted by molar-refractivity contribution is 7.96. The van der Waals surface area contributed by atoms with Gasteiger partial charge in [-0.15, -0.1) is 0 Å². The van der Waals surface area contributed by atoms with Crippen LogP contribution in [0.25, 0.3) is 0 Å². The lowest BCUT2D eigenvalue weighted by Crippen LogP contribution is -2.17. The first-order valence-electron chi connectivity index (χ1n) is 5.28. The lowest BCUT2D eigenvalue weighted by molar-refractivity contribution is -0.143. The Morgan fingerprint density at radius 1 is 0.950 bits per heavy atom. The Hall–Kier alpha value is -1.18. The summed E-state index contributed by atoms with van der Waals surface area (Å²) < 4.78 is 75.5. The van der Waals surface area contributed by atoms with Gasteiger partial charge in [0.25, 0.3) is 0 Å². The summed E-state index contributed by atoms with van der Waals surface area (Å²) in [4.78, 5) is 11.7. The lowest BCUT2D eigenvalue weighted by atomic mass is 10.0. The van der Waals surface area contributed by atoms with E-state index in [4.69, 9.17) is 0 Å². The summed E-state index contributed by atoms with van der Waals surface area (Å²) in [7, 11) is -0.414. The Morgan fingerprint density at radius 2 is 1.35 bits per heavy atom. The summed E-state index contributed by atoms with van der Waals surface area (Å²) in [5.41, 5.74) is -3.50. The number of rotatable bonds is 3. The summed E-state index contributed by atoms with van der Waals surface area (Å²) in [6.45, 7) is 0. The normalized spacial score (nSPS) is 12.8. The molecule has 0 saturated heterocycles. The predicted octanol–water partition coefficient (Wildman–Crippen LogP) is 3.78. The first-order valence-corrected chi connectivity index (χ1v) is 7.49. The molecule has 0 saturated carbocycles. The molecule has 1 aromatic rings. The van der Waals surface area contributed by atoms with Crippen molar-refractivity contribution in [2.75, 3.05) is 18.3 Å². The minimum atomic E-state index is -4.93. The molecule has 0 fully saturated rings. The number of hydrogen-bond donors (Lipinski definition) is 0. The first kappa shape index (κ1) is 16.9. The largest absolute Gasteiger partial charge is 0.416 e. The molecule has 0 aliphatic rings. The number of hydrogen-bond acceptors (Lipinski definition) is 1. The minimum Gasteiger partial charge on any atom is -0.289 e. The number of ketones is 1. The van der Waals surface area contributed by atoms with E-state index in [1.54, 1.807) is 12.5 Å². The number of carbonyl (C=O) groups excluding carboxylic acids is 1. The van der Waals surface area contributed by atoms with E-state index in [1.807, 2.05) is 0 Å². The standard InChI is InChI=1S/C12H11F6OS/c1-20(2)6-10(19)7-3-8(11(13,14)15)5-9(4-7)12(16,17)18/h3-5H,6H2,1-2H3/q+1. The van der Waals surface area contributed by atoms with Gasteiger partial charge >= 0.3 is 12.4 Å². The topological polar surface area (TPSA) is 17.1 Å². The fraction of sp³-hybridized carbons (Fsp3) is 0.417. The van der Waals surface area contributed by atoms with Gasteiger partial charge in [-0.2, -0.15) is 26.3 Å². The van der Waals surface area contributed by atoms with Crippen molar-refractivity contribution in [3.05, 3.63) is 34.9 Å². The SMILES string of the molecule is C[S+](C)CC(=O)c1cc(C(F)(F)F)cc(C(F)(F)F)c1. The van der Waals surface area contributed by atoms with E-state index in [0.717, 1.165) is 0 Å². The summed E-state index contributed by atoms with van der Waals surface area (Å²) in [5, 5.41) is 0. The Morgan fingerprint density at radius 3 is 1.65 bits per heavy atom. The number of benzene rings is 1. The van der Waals surface area contributed by atoms with Crippen LogP contribution >= 0.6 is 0 Å². The number of halogens is 6. The molecule has 20 heavy (non-hydrogen) atoms. The highest BCUT2D eigenvalue weighted by Crippen LogP contribution is 2.36. The van der Waals surface area contributed by atoms with E-state index in [9.17, 15) is 31.1 Å². The van der Waals surface area contributed by atoms with Gasteiger partial charge in [0.05, 0.1) is 23.6 Å². The molecule has 8 heteroatoms. The fourth-order valence-corrected chi connectivity index (χ4v) is 2.15. The molecule has 0 radical (unpaired) electrons. The first-order chi connectivity index (χ1) is 8.91. The quantitative estimate of drug-likeness (QED) is 0.471. The van der Waals surface area contributed by atoms with Crippen molar-refractivity contribution in [1.29, 1.82) is 0 Å². The van der Waals surface area contributed by atoms with Crippen molar-refractivity contribution < 1.29 is 31.1 Å². The Balaban J connectivity index is 3.35. The molecule has 0 amide bonds. The van der Waals surface area contributed by atoms with E-state index < -0.39 is 45.7 Å².